The summed E-state index contributed by atoms with van der Waals surface area (Å²) in [4.78, 5) is 29.7. The van der Waals surface area contributed by atoms with Crippen molar-refractivity contribution in [2.75, 3.05) is 12.0 Å². The van der Waals surface area contributed by atoms with Crippen molar-refractivity contribution >= 4 is 34.9 Å². The number of benzene rings is 2. The van der Waals surface area contributed by atoms with Gasteiger partial charge in [-0.15, -0.1) is 11.3 Å². The number of aryl methyl sites for hydroxylation is 1. The van der Waals surface area contributed by atoms with Crippen LogP contribution in [0.25, 0.3) is 11.3 Å². The molecule has 0 fully saturated rings. The summed E-state index contributed by atoms with van der Waals surface area (Å²) in [6, 6.07) is 16.4. The standard InChI is InChI=1S/C23H25N3O2S2/c1-16-25-21(15-30-16)18-10-8-17(9-11-18)14-24-23(28)20(12-13-29-2)26-22(27)19-6-4-3-5-7-19/h3-11,15,20H,12-14H2,1-2H3,(H,24,28)(H,26,27). The van der Waals surface area contributed by atoms with Gasteiger partial charge in [0, 0.05) is 23.1 Å². The van der Waals surface area contributed by atoms with Gasteiger partial charge in [-0.3, -0.25) is 9.59 Å². The number of thiazole rings is 1. The molecule has 2 aromatic carbocycles. The van der Waals surface area contributed by atoms with E-state index in [1.54, 1.807) is 35.2 Å². The van der Waals surface area contributed by atoms with Crippen LogP contribution in [0.1, 0.15) is 27.3 Å². The molecule has 0 aliphatic heterocycles. The highest BCUT2D eigenvalue weighted by Gasteiger charge is 2.20. The molecule has 0 radical (unpaired) electrons. The van der Waals surface area contributed by atoms with Crippen LogP contribution in [-0.2, 0) is 11.3 Å². The van der Waals surface area contributed by atoms with E-state index in [1.165, 1.54) is 0 Å². The van der Waals surface area contributed by atoms with Gasteiger partial charge < -0.3 is 10.6 Å². The Bertz CT molecular complexity index is 972. The molecule has 2 N–H and O–H groups in total. The average molecular weight is 440 g/mol. The summed E-state index contributed by atoms with van der Waals surface area (Å²) < 4.78 is 0. The summed E-state index contributed by atoms with van der Waals surface area (Å²) in [5, 5.41) is 8.89. The number of carbonyl (C=O) groups is 2. The largest absolute Gasteiger partial charge is 0.350 e. The highest BCUT2D eigenvalue weighted by atomic mass is 32.2. The highest BCUT2D eigenvalue weighted by molar-refractivity contribution is 7.98. The van der Waals surface area contributed by atoms with Gasteiger partial charge in [-0.25, -0.2) is 4.98 Å². The van der Waals surface area contributed by atoms with Crippen molar-refractivity contribution in [1.82, 2.24) is 15.6 Å². The number of carbonyl (C=O) groups excluding carboxylic acids is 2. The Kier molecular flexibility index (Phi) is 8.04. The topological polar surface area (TPSA) is 71.1 Å². The monoisotopic (exact) mass is 439 g/mol. The Morgan fingerprint density at radius 3 is 2.47 bits per heavy atom. The van der Waals surface area contributed by atoms with E-state index in [-0.39, 0.29) is 11.8 Å². The summed E-state index contributed by atoms with van der Waals surface area (Å²) in [6.45, 7) is 2.40. The molecule has 1 atom stereocenters. The van der Waals surface area contributed by atoms with Crippen LogP contribution >= 0.6 is 23.1 Å². The molecule has 1 heterocycles. The highest BCUT2D eigenvalue weighted by Crippen LogP contribution is 2.21. The van der Waals surface area contributed by atoms with Gasteiger partial charge in [-0.05, 0) is 43.0 Å². The Labute approximate surface area is 185 Å². The Balaban J connectivity index is 1.59. The molecule has 0 aliphatic rings. The normalized spacial score (nSPS) is 11.7. The zero-order valence-corrected chi connectivity index (χ0v) is 18.7. The third-order valence-electron chi connectivity index (χ3n) is 4.60. The number of hydrogen-bond donors (Lipinski definition) is 2. The minimum Gasteiger partial charge on any atom is -0.350 e. The lowest BCUT2D eigenvalue weighted by Crippen LogP contribution is -2.46. The minimum absolute atomic E-state index is 0.174. The van der Waals surface area contributed by atoms with Crippen LogP contribution in [0.4, 0.5) is 0 Å². The quantitative estimate of drug-likeness (QED) is 0.522. The summed E-state index contributed by atoms with van der Waals surface area (Å²) in [7, 11) is 0. The summed E-state index contributed by atoms with van der Waals surface area (Å²) >= 11 is 3.28. The van der Waals surface area contributed by atoms with Crippen LogP contribution in [-0.4, -0.2) is 34.8 Å². The molecule has 1 aromatic heterocycles. The van der Waals surface area contributed by atoms with Crippen LogP contribution in [0.3, 0.4) is 0 Å². The SMILES string of the molecule is CSCCC(NC(=O)c1ccccc1)C(=O)NCc1ccc(-c2csc(C)n2)cc1. The number of rotatable bonds is 9. The maximum atomic E-state index is 12.7. The van der Waals surface area contributed by atoms with Gasteiger partial charge in [0.2, 0.25) is 5.91 Å². The van der Waals surface area contributed by atoms with Gasteiger partial charge in [0.1, 0.15) is 6.04 Å². The van der Waals surface area contributed by atoms with E-state index in [2.05, 4.69) is 15.6 Å². The van der Waals surface area contributed by atoms with Crippen LogP contribution in [0.2, 0.25) is 0 Å². The zero-order valence-electron chi connectivity index (χ0n) is 17.1. The van der Waals surface area contributed by atoms with Crippen LogP contribution < -0.4 is 10.6 Å². The summed E-state index contributed by atoms with van der Waals surface area (Å²) in [5.74, 6) is 0.377. The fourth-order valence-corrected chi connectivity index (χ4v) is 4.03. The van der Waals surface area contributed by atoms with E-state index in [1.807, 2.05) is 61.0 Å². The van der Waals surface area contributed by atoms with Crippen molar-refractivity contribution in [2.24, 2.45) is 0 Å². The first-order valence-corrected chi connectivity index (χ1v) is 12.0. The predicted molar refractivity (Wildman–Crippen MR) is 125 cm³/mol. The second kappa shape index (κ2) is 10.9. The van der Waals surface area contributed by atoms with Gasteiger partial charge in [0.25, 0.3) is 5.91 Å². The van der Waals surface area contributed by atoms with Crippen molar-refractivity contribution < 1.29 is 9.59 Å². The van der Waals surface area contributed by atoms with Gasteiger partial charge in [0.05, 0.1) is 10.7 Å². The lowest BCUT2D eigenvalue weighted by molar-refractivity contribution is -0.123. The molecule has 2 amide bonds. The van der Waals surface area contributed by atoms with Crippen molar-refractivity contribution in [3.05, 3.63) is 76.1 Å². The van der Waals surface area contributed by atoms with E-state index in [9.17, 15) is 9.59 Å². The molecule has 1 unspecified atom stereocenters. The van der Waals surface area contributed by atoms with Crippen LogP contribution in [0.5, 0.6) is 0 Å². The molecule has 0 aliphatic carbocycles. The number of thioether (sulfide) groups is 1. The smallest absolute Gasteiger partial charge is 0.251 e. The van der Waals surface area contributed by atoms with Crippen molar-refractivity contribution in [3.8, 4) is 11.3 Å². The Morgan fingerprint density at radius 1 is 1.10 bits per heavy atom. The van der Waals surface area contributed by atoms with E-state index >= 15 is 0 Å². The average Bonchev–Trinajstić information content (AvgIpc) is 3.22. The van der Waals surface area contributed by atoms with Crippen molar-refractivity contribution in [2.45, 2.75) is 25.9 Å². The minimum atomic E-state index is -0.567. The fraction of sp³-hybridized carbons (Fsp3) is 0.261. The molecule has 0 spiro atoms. The molecule has 30 heavy (non-hydrogen) atoms. The van der Waals surface area contributed by atoms with Crippen molar-refractivity contribution in [1.29, 1.82) is 0 Å². The first-order valence-electron chi connectivity index (χ1n) is 9.71. The van der Waals surface area contributed by atoms with Crippen molar-refractivity contribution in [3.63, 3.8) is 0 Å². The first-order chi connectivity index (χ1) is 14.6. The molecule has 5 nitrogen and oxygen atoms in total. The van der Waals surface area contributed by atoms with E-state index < -0.39 is 6.04 Å². The molecule has 3 aromatic rings. The van der Waals surface area contributed by atoms with E-state index in [0.29, 0.717) is 18.5 Å². The summed E-state index contributed by atoms with van der Waals surface area (Å²) in [5.41, 5.74) is 3.57. The lowest BCUT2D eigenvalue weighted by atomic mass is 10.1. The Hall–Kier alpha value is -2.64. The van der Waals surface area contributed by atoms with Gasteiger partial charge in [-0.2, -0.15) is 11.8 Å². The first kappa shape index (κ1) is 22.1. The third-order valence-corrected chi connectivity index (χ3v) is 6.02. The van der Waals surface area contributed by atoms with Crippen LogP contribution in [0.15, 0.2) is 60.0 Å². The second-order valence-electron chi connectivity index (χ2n) is 6.84. The molecule has 3 rings (SSSR count). The lowest BCUT2D eigenvalue weighted by Gasteiger charge is -2.18. The van der Waals surface area contributed by atoms with Gasteiger partial charge in [0.15, 0.2) is 0 Å². The number of aromatic nitrogens is 1. The van der Waals surface area contributed by atoms with Crippen LogP contribution in [0, 0.1) is 6.92 Å². The number of nitrogens with one attached hydrogen (secondary N) is 2. The van der Waals surface area contributed by atoms with Gasteiger partial charge in [-0.1, -0.05) is 42.5 Å². The molecular weight excluding hydrogens is 414 g/mol. The summed E-state index contributed by atoms with van der Waals surface area (Å²) in [6.07, 6.45) is 2.56. The Morgan fingerprint density at radius 2 is 1.83 bits per heavy atom. The number of amides is 2. The second-order valence-corrected chi connectivity index (χ2v) is 8.89. The maximum absolute atomic E-state index is 12.7. The fourth-order valence-electron chi connectivity index (χ4n) is 2.94. The predicted octanol–water partition coefficient (Wildman–Crippen LogP) is 4.29. The number of hydrogen-bond acceptors (Lipinski definition) is 5. The molecular formula is C23H25N3O2S2. The third kappa shape index (κ3) is 6.18. The maximum Gasteiger partial charge on any atom is 0.251 e. The number of nitrogens with zero attached hydrogens (tertiary/aromatic N) is 1. The van der Waals surface area contributed by atoms with E-state index in [0.717, 1.165) is 27.6 Å². The molecule has 0 saturated carbocycles. The van der Waals surface area contributed by atoms with Gasteiger partial charge >= 0.3 is 0 Å². The molecule has 7 heteroatoms. The molecule has 0 saturated heterocycles. The van der Waals surface area contributed by atoms with E-state index in [4.69, 9.17) is 0 Å². The molecule has 156 valence electrons. The molecule has 0 bridgehead atoms. The zero-order chi connectivity index (χ0) is 21.3.